The Morgan fingerprint density at radius 1 is 1.08 bits per heavy atom. The van der Waals surface area contributed by atoms with Crippen LogP contribution in [0.1, 0.15) is 36.5 Å². The summed E-state index contributed by atoms with van der Waals surface area (Å²) in [6, 6.07) is 15.3. The van der Waals surface area contributed by atoms with Gasteiger partial charge in [0, 0.05) is 19.8 Å². The molecule has 3 aromatic rings. The number of benzene rings is 2. The lowest BCUT2D eigenvalue weighted by molar-refractivity contribution is -0.720. The van der Waals surface area contributed by atoms with E-state index >= 15 is 0 Å². The summed E-state index contributed by atoms with van der Waals surface area (Å²) in [5.74, 6) is 0.498. The van der Waals surface area contributed by atoms with Crippen molar-refractivity contribution in [3.8, 4) is 11.3 Å². The topological polar surface area (TPSA) is 33.3 Å². The lowest BCUT2D eigenvalue weighted by Gasteiger charge is -2.13. The fraction of sp³-hybridized carbons (Fsp3) is 0.348. The van der Waals surface area contributed by atoms with Crippen LogP contribution in [0.15, 0.2) is 48.7 Å². The van der Waals surface area contributed by atoms with Gasteiger partial charge in [-0.2, -0.15) is 4.57 Å². The lowest BCUT2D eigenvalue weighted by atomic mass is 9.93. The smallest absolute Gasteiger partial charge is 0.252 e. The van der Waals surface area contributed by atoms with Gasteiger partial charge in [-0.05, 0) is 47.9 Å². The van der Waals surface area contributed by atoms with Gasteiger partial charge in [-0.1, -0.05) is 43.7 Å². The number of pyridine rings is 1. The van der Waals surface area contributed by atoms with Crippen LogP contribution < -0.4 is 4.57 Å². The molecule has 1 N–H and O–H groups in total. The molecular formula is C23H28NO2+. The molecule has 0 aliphatic rings. The van der Waals surface area contributed by atoms with Gasteiger partial charge in [0.2, 0.25) is 5.69 Å². The molecule has 0 fully saturated rings. The summed E-state index contributed by atoms with van der Waals surface area (Å²) in [5, 5.41) is 12.0. The fourth-order valence-corrected chi connectivity index (χ4v) is 3.49. The third kappa shape index (κ3) is 3.64. The van der Waals surface area contributed by atoms with Gasteiger partial charge >= 0.3 is 0 Å². The minimum atomic E-state index is 0.141. The van der Waals surface area contributed by atoms with Crippen molar-refractivity contribution in [3.63, 3.8) is 0 Å². The van der Waals surface area contributed by atoms with Crippen LogP contribution in [-0.4, -0.2) is 18.8 Å². The molecule has 2 aromatic carbocycles. The Balaban J connectivity index is 2.32. The van der Waals surface area contributed by atoms with Gasteiger partial charge < -0.3 is 9.84 Å². The number of hydrogen-bond acceptors (Lipinski definition) is 2. The fourth-order valence-electron chi connectivity index (χ4n) is 3.49. The molecule has 26 heavy (non-hydrogen) atoms. The molecule has 0 radical (unpaired) electrons. The average molecular weight is 350 g/mol. The van der Waals surface area contributed by atoms with Gasteiger partial charge in [0.1, 0.15) is 0 Å². The zero-order chi connectivity index (χ0) is 18.7. The zero-order valence-corrected chi connectivity index (χ0v) is 16.1. The zero-order valence-electron chi connectivity index (χ0n) is 16.1. The van der Waals surface area contributed by atoms with E-state index in [-0.39, 0.29) is 6.61 Å². The number of hydrogen-bond donors (Lipinski definition) is 1. The molecule has 0 saturated carbocycles. The average Bonchev–Trinajstić information content (AvgIpc) is 2.63. The van der Waals surface area contributed by atoms with E-state index in [1.807, 2.05) is 0 Å². The number of aromatic nitrogens is 1. The lowest BCUT2D eigenvalue weighted by Crippen LogP contribution is -2.37. The number of aliphatic hydroxyl groups excluding tert-OH is 1. The molecule has 0 aliphatic heterocycles. The first kappa shape index (κ1) is 18.6. The summed E-state index contributed by atoms with van der Waals surface area (Å²) in [5.41, 5.74) is 6.02. The standard InChI is InChI=1S/C23H28NO2/c1-16(2)19-7-8-21-20(14-19)9-11-24(15-26-4)23(21)22-13-17(3)5-6-18(22)10-12-25/h5-9,11,13-14,16,25H,10,12,15H2,1-4H3/q+1. The largest absolute Gasteiger partial charge is 0.396 e. The SMILES string of the molecule is COC[n+]1ccc2cc(C(C)C)ccc2c1-c1cc(C)ccc1CCO. The minimum absolute atomic E-state index is 0.141. The van der Waals surface area contributed by atoms with E-state index in [9.17, 15) is 5.11 Å². The van der Waals surface area contributed by atoms with E-state index in [0.717, 1.165) is 11.3 Å². The van der Waals surface area contributed by atoms with Crippen LogP contribution in [0.4, 0.5) is 0 Å². The van der Waals surface area contributed by atoms with E-state index in [0.29, 0.717) is 19.1 Å². The molecule has 0 amide bonds. The minimum Gasteiger partial charge on any atom is -0.396 e. The van der Waals surface area contributed by atoms with Crippen LogP contribution in [-0.2, 0) is 17.9 Å². The number of aryl methyl sites for hydroxylation is 1. The molecule has 3 nitrogen and oxygen atoms in total. The molecule has 0 unspecified atom stereocenters. The van der Waals surface area contributed by atoms with Gasteiger partial charge in [0.05, 0.1) is 10.9 Å². The maximum absolute atomic E-state index is 9.51. The Bertz CT molecular complexity index is 915. The number of aliphatic hydroxyl groups is 1. The van der Waals surface area contributed by atoms with Crippen molar-refractivity contribution in [2.24, 2.45) is 0 Å². The molecule has 3 rings (SSSR count). The van der Waals surface area contributed by atoms with Crippen LogP contribution in [0, 0.1) is 6.92 Å². The number of methoxy groups -OCH3 is 1. The van der Waals surface area contributed by atoms with Crippen LogP contribution in [0.3, 0.4) is 0 Å². The molecule has 1 heterocycles. The van der Waals surface area contributed by atoms with Gasteiger partial charge in [0.15, 0.2) is 6.20 Å². The highest BCUT2D eigenvalue weighted by atomic mass is 16.5. The molecule has 0 spiro atoms. The highest BCUT2D eigenvalue weighted by Gasteiger charge is 2.21. The van der Waals surface area contributed by atoms with Gasteiger partial charge in [0.25, 0.3) is 6.73 Å². The van der Waals surface area contributed by atoms with Gasteiger partial charge in [-0.25, -0.2) is 0 Å². The first-order valence-corrected chi connectivity index (χ1v) is 9.21. The second-order valence-electron chi connectivity index (χ2n) is 7.19. The van der Waals surface area contributed by atoms with Crippen LogP contribution >= 0.6 is 0 Å². The molecule has 0 atom stereocenters. The van der Waals surface area contributed by atoms with E-state index in [4.69, 9.17) is 4.74 Å². The number of rotatable bonds is 6. The number of fused-ring (bicyclic) bond motifs is 1. The maximum Gasteiger partial charge on any atom is 0.252 e. The number of nitrogens with zero attached hydrogens (tertiary/aromatic N) is 1. The quantitative estimate of drug-likeness (QED) is 0.670. The number of ether oxygens (including phenoxy) is 1. The predicted molar refractivity (Wildman–Crippen MR) is 106 cm³/mol. The Kier molecular flexibility index (Phi) is 5.70. The van der Waals surface area contributed by atoms with Crippen molar-refractivity contribution in [1.82, 2.24) is 0 Å². The van der Waals surface area contributed by atoms with Crippen LogP contribution in [0.25, 0.3) is 22.0 Å². The molecule has 3 heteroatoms. The summed E-state index contributed by atoms with van der Waals surface area (Å²) in [4.78, 5) is 0. The van der Waals surface area contributed by atoms with Crippen molar-refractivity contribution in [2.45, 2.75) is 39.8 Å². The van der Waals surface area contributed by atoms with Gasteiger partial charge in [-0.3, -0.25) is 0 Å². The third-order valence-corrected chi connectivity index (χ3v) is 4.89. The van der Waals surface area contributed by atoms with Gasteiger partial charge in [-0.15, -0.1) is 0 Å². The normalized spacial score (nSPS) is 11.5. The molecule has 0 saturated heterocycles. The van der Waals surface area contributed by atoms with Crippen molar-refractivity contribution < 1.29 is 14.4 Å². The first-order valence-electron chi connectivity index (χ1n) is 9.21. The Hall–Kier alpha value is -2.23. The Morgan fingerprint density at radius 2 is 1.88 bits per heavy atom. The summed E-state index contributed by atoms with van der Waals surface area (Å²) in [6.07, 6.45) is 2.74. The monoisotopic (exact) mass is 350 g/mol. The summed E-state index contributed by atoms with van der Waals surface area (Å²) in [6.45, 7) is 7.17. The van der Waals surface area contributed by atoms with E-state index < -0.39 is 0 Å². The highest BCUT2D eigenvalue weighted by molar-refractivity contribution is 5.94. The second kappa shape index (κ2) is 7.98. The highest BCUT2D eigenvalue weighted by Crippen LogP contribution is 2.31. The molecule has 1 aromatic heterocycles. The molecular weight excluding hydrogens is 322 g/mol. The maximum atomic E-state index is 9.51. The predicted octanol–water partition coefficient (Wildman–Crippen LogP) is 4.36. The molecule has 0 aliphatic carbocycles. The third-order valence-electron chi connectivity index (χ3n) is 4.89. The van der Waals surface area contributed by atoms with E-state index in [1.54, 1.807) is 7.11 Å². The Morgan fingerprint density at radius 3 is 2.58 bits per heavy atom. The molecule has 0 bridgehead atoms. The molecule has 136 valence electrons. The summed E-state index contributed by atoms with van der Waals surface area (Å²) in [7, 11) is 1.72. The van der Waals surface area contributed by atoms with E-state index in [2.05, 4.69) is 74.0 Å². The van der Waals surface area contributed by atoms with Crippen LogP contribution in [0.2, 0.25) is 0 Å². The van der Waals surface area contributed by atoms with Crippen molar-refractivity contribution >= 4 is 10.8 Å². The van der Waals surface area contributed by atoms with Crippen LogP contribution in [0.5, 0.6) is 0 Å². The van der Waals surface area contributed by atoms with Crippen molar-refractivity contribution in [3.05, 3.63) is 65.4 Å². The summed E-state index contributed by atoms with van der Waals surface area (Å²) >= 11 is 0. The summed E-state index contributed by atoms with van der Waals surface area (Å²) < 4.78 is 7.59. The van der Waals surface area contributed by atoms with E-state index in [1.165, 1.54) is 27.5 Å². The Labute approximate surface area is 155 Å². The van der Waals surface area contributed by atoms with Crippen molar-refractivity contribution in [1.29, 1.82) is 0 Å². The first-order chi connectivity index (χ1) is 12.5. The van der Waals surface area contributed by atoms with Crippen molar-refractivity contribution in [2.75, 3.05) is 13.7 Å². The second-order valence-corrected chi connectivity index (χ2v) is 7.19.